The number of anilines is 1. The predicted octanol–water partition coefficient (Wildman–Crippen LogP) is 8.00. The average Bonchev–Trinajstić information content (AvgIpc) is 2.67. The van der Waals surface area contributed by atoms with E-state index in [9.17, 15) is 0 Å². The van der Waals surface area contributed by atoms with Crippen molar-refractivity contribution in [3.63, 3.8) is 0 Å². The second kappa shape index (κ2) is 10.4. The highest BCUT2D eigenvalue weighted by Crippen LogP contribution is 2.38. The number of benzene rings is 3. The molecule has 0 fully saturated rings. The Hall–Kier alpha value is -1.59. The van der Waals surface area contributed by atoms with Crippen molar-refractivity contribution in [3.8, 4) is 11.5 Å². The predicted molar refractivity (Wildman–Crippen MR) is 125 cm³/mol. The quantitative estimate of drug-likeness (QED) is 0.330. The minimum Gasteiger partial charge on any atom is -0.490 e. The van der Waals surface area contributed by atoms with Gasteiger partial charge in [0.1, 0.15) is 6.61 Å². The van der Waals surface area contributed by atoms with Gasteiger partial charge in [-0.15, -0.1) is 0 Å². The fraction of sp³-hybridized carbons (Fsp3) is 0.182. The summed E-state index contributed by atoms with van der Waals surface area (Å²) in [6.45, 7) is 3.37. The van der Waals surface area contributed by atoms with Crippen molar-refractivity contribution >= 4 is 56.4 Å². The first-order valence-corrected chi connectivity index (χ1v) is 10.9. The van der Waals surface area contributed by atoms with E-state index in [1.165, 1.54) is 0 Å². The molecule has 0 spiro atoms. The molecule has 0 aliphatic heterocycles. The average molecular weight is 516 g/mol. The molecule has 0 atom stereocenters. The van der Waals surface area contributed by atoms with Crippen molar-refractivity contribution in [3.05, 3.63) is 85.3 Å². The summed E-state index contributed by atoms with van der Waals surface area (Å²) in [6.07, 6.45) is 0. The fourth-order valence-electron chi connectivity index (χ4n) is 2.72. The monoisotopic (exact) mass is 513 g/mol. The summed E-state index contributed by atoms with van der Waals surface area (Å²) in [4.78, 5) is 0. The molecule has 3 rings (SSSR count). The van der Waals surface area contributed by atoms with Crippen LogP contribution in [-0.2, 0) is 13.2 Å². The molecule has 0 aliphatic carbocycles. The molecule has 3 nitrogen and oxygen atoms in total. The molecule has 0 aromatic heterocycles. The number of ether oxygens (including phenoxy) is 2. The van der Waals surface area contributed by atoms with Crippen LogP contribution in [0.2, 0.25) is 15.1 Å². The molecule has 0 bridgehead atoms. The lowest BCUT2D eigenvalue weighted by Crippen LogP contribution is -2.04. The minimum absolute atomic E-state index is 0.300. The van der Waals surface area contributed by atoms with Crippen molar-refractivity contribution in [2.45, 2.75) is 20.1 Å². The molecule has 152 valence electrons. The van der Waals surface area contributed by atoms with Gasteiger partial charge in [0.05, 0.1) is 11.1 Å². The number of hydrogen-bond donors (Lipinski definition) is 1. The molecule has 1 N–H and O–H groups in total. The van der Waals surface area contributed by atoms with Crippen LogP contribution < -0.4 is 14.8 Å². The Labute approximate surface area is 194 Å². The van der Waals surface area contributed by atoms with Crippen LogP contribution in [0.25, 0.3) is 0 Å². The Bertz CT molecular complexity index is 998. The summed E-state index contributed by atoms with van der Waals surface area (Å²) in [5.74, 6) is 1.29. The van der Waals surface area contributed by atoms with Crippen molar-refractivity contribution in [1.29, 1.82) is 0 Å². The fourth-order valence-corrected chi connectivity index (χ4v) is 3.97. The molecule has 0 unspecified atom stereocenters. The topological polar surface area (TPSA) is 30.5 Å². The highest BCUT2D eigenvalue weighted by Gasteiger charge is 2.14. The third-order valence-corrected chi connectivity index (χ3v) is 5.49. The Morgan fingerprint density at radius 3 is 2.45 bits per heavy atom. The molecular formula is C22H19BrCl3NO2. The van der Waals surface area contributed by atoms with Crippen molar-refractivity contribution in [1.82, 2.24) is 0 Å². The molecule has 3 aromatic rings. The maximum Gasteiger partial charge on any atom is 0.175 e. The van der Waals surface area contributed by atoms with Crippen molar-refractivity contribution in [2.75, 3.05) is 11.9 Å². The first-order chi connectivity index (χ1) is 14.0. The van der Waals surface area contributed by atoms with Crippen LogP contribution in [0, 0.1) is 0 Å². The number of nitrogens with one attached hydrogen (secondary N) is 1. The van der Waals surface area contributed by atoms with Crippen LogP contribution in [0.1, 0.15) is 18.1 Å². The van der Waals surface area contributed by atoms with E-state index in [0.29, 0.717) is 46.3 Å². The van der Waals surface area contributed by atoms with Gasteiger partial charge in [0, 0.05) is 32.9 Å². The van der Waals surface area contributed by atoms with E-state index in [0.717, 1.165) is 21.3 Å². The van der Waals surface area contributed by atoms with Crippen LogP contribution in [0.5, 0.6) is 11.5 Å². The normalized spacial score (nSPS) is 10.7. The van der Waals surface area contributed by atoms with Crippen molar-refractivity contribution < 1.29 is 9.47 Å². The Kier molecular flexibility index (Phi) is 7.96. The summed E-state index contributed by atoms with van der Waals surface area (Å²) in [7, 11) is 0. The lowest BCUT2D eigenvalue weighted by atomic mass is 10.2. The maximum atomic E-state index is 6.25. The smallest absolute Gasteiger partial charge is 0.175 e. The number of halogens is 4. The lowest BCUT2D eigenvalue weighted by molar-refractivity contribution is 0.267. The van der Waals surface area contributed by atoms with E-state index in [1.807, 2.05) is 49.4 Å². The Morgan fingerprint density at radius 2 is 1.72 bits per heavy atom. The van der Waals surface area contributed by atoms with Crippen LogP contribution >= 0.6 is 50.7 Å². The van der Waals surface area contributed by atoms with Crippen LogP contribution in [0.3, 0.4) is 0 Å². The van der Waals surface area contributed by atoms with E-state index < -0.39 is 0 Å². The summed E-state index contributed by atoms with van der Waals surface area (Å²) in [6, 6.07) is 16.9. The van der Waals surface area contributed by atoms with E-state index in [4.69, 9.17) is 44.3 Å². The summed E-state index contributed by atoms with van der Waals surface area (Å²) in [5.41, 5.74) is 2.83. The second-order valence-corrected chi connectivity index (χ2v) is 8.36. The Balaban J connectivity index is 1.76. The maximum absolute atomic E-state index is 6.25. The molecule has 0 saturated heterocycles. The number of hydrogen-bond acceptors (Lipinski definition) is 3. The van der Waals surface area contributed by atoms with Gasteiger partial charge >= 0.3 is 0 Å². The van der Waals surface area contributed by atoms with Gasteiger partial charge in [0.2, 0.25) is 0 Å². The van der Waals surface area contributed by atoms with Crippen LogP contribution in [0.4, 0.5) is 5.69 Å². The highest BCUT2D eigenvalue weighted by atomic mass is 79.9. The van der Waals surface area contributed by atoms with Gasteiger partial charge in [-0.1, -0.05) is 46.9 Å². The first kappa shape index (κ1) is 22.1. The molecule has 7 heteroatoms. The van der Waals surface area contributed by atoms with E-state index >= 15 is 0 Å². The standard InChI is InChI=1S/C22H19BrCl3NO2/c1-2-28-21-9-14(12-27-18-5-3-4-16(24)10-18)8-19(23)22(21)29-13-15-6-7-17(25)11-20(15)26/h3-11,27H,2,12-13H2,1H3. The van der Waals surface area contributed by atoms with Gasteiger partial charge in [-0.2, -0.15) is 0 Å². The zero-order valence-electron chi connectivity index (χ0n) is 15.6. The van der Waals surface area contributed by atoms with Gasteiger partial charge in [-0.3, -0.25) is 0 Å². The van der Waals surface area contributed by atoms with Crippen molar-refractivity contribution in [2.24, 2.45) is 0 Å². The zero-order valence-corrected chi connectivity index (χ0v) is 19.5. The molecule has 0 heterocycles. The SMILES string of the molecule is CCOc1cc(CNc2cccc(Cl)c2)cc(Br)c1OCc1ccc(Cl)cc1Cl. The summed E-state index contributed by atoms with van der Waals surface area (Å²) >= 11 is 21.9. The summed E-state index contributed by atoms with van der Waals surface area (Å²) < 4.78 is 12.6. The third kappa shape index (κ3) is 6.19. The third-order valence-electron chi connectivity index (χ3n) is 4.08. The van der Waals surface area contributed by atoms with E-state index in [2.05, 4.69) is 21.2 Å². The first-order valence-electron chi connectivity index (χ1n) is 8.97. The molecule has 0 radical (unpaired) electrons. The molecular weight excluding hydrogens is 497 g/mol. The molecule has 0 amide bonds. The highest BCUT2D eigenvalue weighted by molar-refractivity contribution is 9.10. The zero-order chi connectivity index (χ0) is 20.8. The van der Waals surface area contributed by atoms with Crippen LogP contribution in [-0.4, -0.2) is 6.61 Å². The van der Waals surface area contributed by atoms with E-state index in [1.54, 1.807) is 12.1 Å². The van der Waals surface area contributed by atoms with E-state index in [-0.39, 0.29) is 0 Å². The molecule has 3 aromatic carbocycles. The lowest BCUT2D eigenvalue weighted by Gasteiger charge is -2.16. The van der Waals surface area contributed by atoms with Gasteiger partial charge < -0.3 is 14.8 Å². The minimum atomic E-state index is 0.300. The largest absolute Gasteiger partial charge is 0.490 e. The molecule has 0 aliphatic rings. The van der Waals surface area contributed by atoms with Crippen LogP contribution in [0.15, 0.2) is 59.1 Å². The van der Waals surface area contributed by atoms with Gasteiger partial charge in [0.25, 0.3) is 0 Å². The summed E-state index contributed by atoms with van der Waals surface area (Å²) in [5, 5.41) is 5.20. The molecule has 0 saturated carbocycles. The second-order valence-electron chi connectivity index (χ2n) is 6.23. The van der Waals surface area contributed by atoms with Gasteiger partial charge in [-0.05, 0) is 70.9 Å². The molecule has 29 heavy (non-hydrogen) atoms. The number of rotatable bonds is 8. The Morgan fingerprint density at radius 1 is 0.931 bits per heavy atom. The van der Waals surface area contributed by atoms with Gasteiger partial charge in [0.15, 0.2) is 11.5 Å². The van der Waals surface area contributed by atoms with Gasteiger partial charge in [-0.25, -0.2) is 0 Å².